The van der Waals surface area contributed by atoms with Gasteiger partial charge in [-0.1, -0.05) is 0 Å². The lowest BCUT2D eigenvalue weighted by molar-refractivity contribution is 0.153. The SMILES string of the molecule is COC1=c2c(c(=O)[nH]c(=O)n2C2CC2)=C(N)C(F)C1N1CC(F)C(C(N)CO)C1. The molecular weight excluding hydrogens is 388 g/mol. The molecule has 0 spiro atoms. The summed E-state index contributed by atoms with van der Waals surface area (Å²) in [5.74, 6) is -0.611. The number of hydrogen-bond donors (Lipinski definition) is 4. The maximum atomic E-state index is 15.4. The molecular formula is C18H25F2N5O4. The highest BCUT2D eigenvalue weighted by Gasteiger charge is 2.46. The van der Waals surface area contributed by atoms with Crippen molar-refractivity contribution in [2.24, 2.45) is 17.4 Å². The van der Waals surface area contributed by atoms with Crippen LogP contribution in [0, 0.1) is 5.92 Å². The molecule has 1 saturated heterocycles. The summed E-state index contributed by atoms with van der Waals surface area (Å²) < 4.78 is 36.9. The Kier molecular flexibility index (Phi) is 4.99. The number of aromatic nitrogens is 2. The van der Waals surface area contributed by atoms with Crippen LogP contribution in [0.15, 0.2) is 9.59 Å². The predicted octanol–water partition coefficient (Wildman–Crippen LogP) is -3.00. The molecule has 5 atom stereocenters. The van der Waals surface area contributed by atoms with Gasteiger partial charge in [0.2, 0.25) is 0 Å². The number of nitrogens with two attached hydrogens (primary N) is 2. The van der Waals surface area contributed by atoms with E-state index in [1.54, 1.807) is 0 Å². The molecule has 0 radical (unpaired) electrons. The highest BCUT2D eigenvalue weighted by molar-refractivity contribution is 5.60. The van der Waals surface area contributed by atoms with E-state index in [1.165, 1.54) is 16.6 Å². The first kappa shape index (κ1) is 20.0. The van der Waals surface area contributed by atoms with Gasteiger partial charge in [0.1, 0.15) is 18.0 Å². The Balaban J connectivity index is 1.92. The fraction of sp³-hybridized carbons (Fsp3) is 0.667. The molecule has 9 nitrogen and oxygen atoms in total. The van der Waals surface area contributed by atoms with Crippen molar-refractivity contribution in [3.8, 4) is 0 Å². The quantitative estimate of drug-likeness (QED) is 0.403. The third-order valence-corrected chi connectivity index (χ3v) is 6.11. The summed E-state index contributed by atoms with van der Waals surface area (Å²) in [5.41, 5.74) is 10.1. The molecule has 1 aromatic heterocycles. The van der Waals surface area contributed by atoms with Crippen molar-refractivity contribution in [2.45, 2.75) is 43.3 Å². The number of methoxy groups -OCH3 is 1. The fourth-order valence-electron chi connectivity index (χ4n) is 4.47. The zero-order valence-electron chi connectivity index (χ0n) is 16.0. The number of likely N-dealkylation sites (tertiary alicyclic amines) is 1. The van der Waals surface area contributed by atoms with Crippen LogP contribution in [0.25, 0.3) is 11.5 Å². The number of hydrogen-bond acceptors (Lipinski definition) is 7. The van der Waals surface area contributed by atoms with Crippen molar-refractivity contribution >= 4 is 11.5 Å². The minimum Gasteiger partial charge on any atom is -0.497 e. The summed E-state index contributed by atoms with van der Waals surface area (Å²) >= 11 is 0. The molecule has 2 aliphatic carbocycles. The summed E-state index contributed by atoms with van der Waals surface area (Å²) in [7, 11) is 1.32. The number of alkyl halides is 2. The topological polar surface area (TPSA) is 140 Å². The Morgan fingerprint density at radius 2 is 2.00 bits per heavy atom. The van der Waals surface area contributed by atoms with Gasteiger partial charge in [0.25, 0.3) is 5.56 Å². The number of rotatable bonds is 5. The van der Waals surface area contributed by atoms with Gasteiger partial charge in [-0.3, -0.25) is 19.2 Å². The van der Waals surface area contributed by atoms with Gasteiger partial charge in [0.15, 0.2) is 6.17 Å². The molecule has 0 amide bonds. The normalized spacial score (nSPS) is 31.1. The summed E-state index contributed by atoms with van der Waals surface area (Å²) in [6.07, 6.45) is -1.72. The molecule has 4 rings (SSSR count). The van der Waals surface area contributed by atoms with Crippen molar-refractivity contribution in [3.63, 3.8) is 0 Å². The van der Waals surface area contributed by atoms with E-state index in [0.717, 1.165) is 12.8 Å². The van der Waals surface area contributed by atoms with E-state index < -0.39 is 48.2 Å². The molecule has 0 bridgehead atoms. The minimum absolute atomic E-state index is 0.0715. The molecule has 2 heterocycles. The number of aliphatic hydroxyl groups is 1. The van der Waals surface area contributed by atoms with Gasteiger partial charge >= 0.3 is 5.69 Å². The lowest BCUT2D eigenvalue weighted by atomic mass is 9.97. The second kappa shape index (κ2) is 7.22. The summed E-state index contributed by atoms with van der Waals surface area (Å²) in [4.78, 5) is 28.6. The number of fused-ring (bicyclic) bond motifs is 1. The number of H-pyrrole nitrogens is 1. The molecule has 1 aromatic rings. The van der Waals surface area contributed by atoms with E-state index >= 15 is 4.39 Å². The van der Waals surface area contributed by atoms with Crippen molar-refractivity contribution in [1.29, 1.82) is 0 Å². The van der Waals surface area contributed by atoms with Crippen LogP contribution in [0.4, 0.5) is 8.78 Å². The van der Waals surface area contributed by atoms with E-state index in [0.29, 0.717) is 0 Å². The van der Waals surface area contributed by atoms with E-state index in [4.69, 9.17) is 16.2 Å². The molecule has 160 valence electrons. The molecule has 3 aliphatic rings. The van der Waals surface area contributed by atoms with Crippen LogP contribution in [-0.4, -0.2) is 70.8 Å². The highest BCUT2D eigenvalue weighted by Crippen LogP contribution is 2.34. The molecule has 2 fully saturated rings. The highest BCUT2D eigenvalue weighted by atomic mass is 19.1. The molecule has 11 heteroatoms. The van der Waals surface area contributed by atoms with Gasteiger partial charge in [0, 0.05) is 31.1 Å². The van der Waals surface area contributed by atoms with Gasteiger partial charge in [-0.05, 0) is 12.8 Å². The molecule has 29 heavy (non-hydrogen) atoms. The van der Waals surface area contributed by atoms with Crippen LogP contribution >= 0.6 is 0 Å². The Bertz CT molecular complexity index is 1050. The van der Waals surface area contributed by atoms with Crippen LogP contribution in [-0.2, 0) is 4.74 Å². The molecule has 5 unspecified atom stereocenters. The van der Waals surface area contributed by atoms with Crippen molar-refractivity contribution in [1.82, 2.24) is 14.5 Å². The van der Waals surface area contributed by atoms with Crippen LogP contribution in [0.3, 0.4) is 0 Å². The van der Waals surface area contributed by atoms with Crippen molar-refractivity contribution in [3.05, 3.63) is 31.4 Å². The average molecular weight is 413 g/mol. The third kappa shape index (κ3) is 3.08. The fourth-order valence-corrected chi connectivity index (χ4v) is 4.47. The van der Waals surface area contributed by atoms with Crippen molar-refractivity contribution < 1.29 is 18.6 Å². The van der Waals surface area contributed by atoms with Gasteiger partial charge in [-0.25, -0.2) is 13.6 Å². The number of aromatic amines is 1. The lowest BCUT2D eigenvalue weighted by Gasteiger charge is -2.34. The number of aliphatic hydroxyl groups excluding tert-OH is 1. The van der Waals surface area contributed by atoms with E-state index in [-0.39, 0.29) is 41.2 Å². The monoisotopic (exact) mass is 413 g/mol. The Morgan fingerprint density at radius 1 is 1.31 bits per heavy atom. The van der Waals surface area contributed by atoms with Crippen molar-refractivity contribution in [2.75, 3.05) is 26.8 Å². The maximum absolute atomic E-state index is 15.4. The number of halogens is 2. The first-order valence-electron chi connectivity index (χ1n) is 9.61. The average Bonchev–Trinajstić information content (AvgIpc) is 3.44. The van der Waals surface area contributed by atoms with E-state index in [1.807, 2.05) is 0 Å². The second-order valence-corrected chi connectivity index (χ2v) is 7.93. The van der Waals surface area contributed by atoms with Gasteiger partial charge in [-0.2, -0.15) is 0 Å². The molecule has 6 N–H and O–H groups in total. The van der Waals surface area contributed by atoms with Crippen LogP contribution in [0.1, 0.15) is 18.9 Å². The first-order chi connectivity index (χ1) is 13.8. The number of ether oxygens (including phenoxy) is 1. The summed E-state index contributed by atoms with van der Waals surface area (Å²) in [6, 6.07) is -2.03. The smallest absolute Gasteiger partial charge is 0.329 e. The van der Waals surface area contributed by atoms with Crippen LogP contribution in [0.5, 0.6) is 0 Å². The molecule has 0 aromatic carbocycles. The summed E-state index contributed by atoms with van der Waals surface area (Å²) in [5, 5.41) is 9.33. The maximum Gasteiger partial charge on any atom is 0.329 e. The van der Waals surface area contributed by atoms with Gasteiger partial charge in [-0.15, -0.1) is 0 Å². The minimum atomic E-state index is -1.83. The van der Waals surface area contributed by atoms with E-state index in [9.17, 15) is 19.1 Å². The predicted molar refractivity (Wildman–Crippen MR) is 101 cm³/mol. The third-order valence-electron chi connectivity index (χ3n) is 6.11. The molecule has 1 saturated carbocycles. The van der Waals surface area contributed by atoms with Crippen LogP contribution < -0.4 is 33.3 Å². The first-order valence-corrected chi connectivity index (χ1v) is 9.61. The van der Waals surface area contributed by atoms with Crippen LogP contribution in [0.2, 0.25) is 0 Å². The van der Waals surface area contributed by atoms with E-state index in [2.05, 4.69) is 4.98 Å². The zero-order valence-corrected chi connectivity index (χ0v) is 16.0. The summed E-state index contributed by atoms with van der Waals surface area (Å²) in [6.45, 7) is -0.437. The van der Waals surface area contributed by atoms with Gasteiger partial charge < -0.3 is 21.3 Å². The zero-order chi connectivity index (χ0) is 21.0. The number of nitrogens with one attached hydrogen (secondary N) is 1. The Labute approximate surface area is 164 Å². The largest absolute Gasteiger partial charge is 0.497 e. The Hall–Kier alpha value is -2.24. The Morgan fingerprint density at radius 3 is 2.59 bits per heavy atom. The molecule has 1 aliphatic heterocycles. The standard InChI is InChI=1S/C18H25F2N5O4/c1-29-16-14-11(17(27)23-18(28)25(14)7-2-3-7)13(22)12(20)15(16)24-4-8(9(19)5-24)10(21)6-26/h7-10,12,15,26H,2-6,21-22H2,1H3,(H,23,27,28). The lowest BCUT2D eigenvalue weighted by Crippen LogP contribution is -2.63. The number of nitrogens with zero attached hydrogens (tertiary/aromatic N) is 2. The second-order valence-electron chi connectivity index (χ2n) is 7.93. The van der Waals surface area contributed by atoms with Gasteiger partial charge in [0.05, 0.1) is 30.0 Å².